The number of alkyl halides is 1. The first kappa shape index (κ1) is 9.55. The fourth-order valence-electron chi connectivity index (χ4n) is 0.788. The molecule has 0 saturated heterocycles. The van der Waals surface area contributed by atoms with E-state index in [9.17, 15) is 4.79 Å². The first-order valence-corrected chi connectivity index (χ1v) is 4.88. The summed E-state index contributed by atoms with van der Waals surface area (Å²) in [5.41, 5.74) is 0.875. The summed E-state index contributed by atoms with van der Waals surface area (Å²) in [7, 11) is 3.40. The molecule has 12 heavy (non-hydrogen) atoms. The molecule has 1 atom stereocenters. The number of hydrogen-bond donors (Lipinski definition) is 0. The summed E-state index contributed by atoms with van der Waals surface area (Å²) in [5.74, 6) is -0.0740. The van der Waals surface area contributed by atoms with Crippen molar-refractivity contribution in [3.8, 4) is 0 Å². The highest BCUT2D eigenvalue weighted by atomic mass is 35.5. The number of carbonyl (C=O) groups excluding carboxylic acids is 1. The first-order chi connectivity index (χ1) is 5.63. The molecule has 1 unspecified atom stereocenters. The zero-order chi connectivity index (χ0) is 9.14. The Morgan fingerprint density at radius 2 is 2.33 bits per heavy atom. The molecule has 1 rings (SSSR count). The molecule has 1 aromatic rings. The highest BCUT2D eigenvalue weighted by Crippen LogP contribution is 2.23. The third kappa shape index (κ3) is 1.99. The second-order valence-electron chi connectivity index (χ2n) is 2.65. The Hall–Kier alpha value is -0.540. The number of hydrogen-bond acceptors (Lipinski definition) is 2. The minimum atomic E-state index is -0.536. The summed E-state index contributed by atoms with van der Waals surface area (Å²) in [4.78, 5) is 12.8. The standard InChI is InChI=1S/C8H10ClNOS/c1-10(2)8(11)7(9)6-3-4-12-5-6/h3-5,7H,1-2H3. The second kappa shape index (κ2) is 3.92. The van der Waals surface area contributed by atoms with E-state index in [1.165, 1.54) is 4.90 Å². The molecule has 2 nitrogen and oxygen atoms in total. The van der Waals surface area contributed by atoms with Crippen LogP contribution in [0.1, 0.15) is 10.9 Å². The number of amides is 1. The average molecular weight is 204 g/mol. The van der Waals surface area contributed by atoms with Gasteiger partial charge in [-0.3, -0.25) is 4.79 Å². The molecule has 1 amide bonds. The van der Waals surface area contributed by atoms with Crippen LogP contribution >= 0.6 is 22.9 Å². The molecule has 0 spiro atoms. The molecule has 1 heterocycles. The van der Waals surface area contributed by atoms with E-state index in [1.54, 1.807) is 25.4 Å². The van der Waals surface area contributed by atoms with Gasteiger partial charge in [-0.1, -0.05) is 0 Å². The van der Waals surface area contributed by atoms with Crippen molar-refractivity contribution in [3.63, 3.8) is 0 Å². The van der Waals surface area contributed by atoms with Gasteiger partial charge in [0, 0.05) is 14.1 Å². The third-order valence-corrected chi connectivity index (χ3v) is 2.63. The minimum absolute atomic E-state index is 0.0740. The van der Waals surface area contributed by atoms with Crippen LogP contribution in [-0.2, 0) is 4.79 Å². The van der Waals surface area contributed by atoms with Gasteiger partial charge in [-0.05, 0) is 22.4 Å². The smallest absolute Gasteiger partial charge is 0.244 e. The zero-order valence-electron chi connectivity index (χ0n) is 6.95. The molecule has 0 bridgehead atoms. The summed E-state index contributed by atoms with van der Waals surface area (Å²) < 4.78 is 0. The maximum Gasteiger partial charge on any atom is 0.244 e. The van der Waals surface area contributed by atoms with Crippen molar-refractivity contribution in [1.82, 2.24) is 4.90 Å². The fraction of sp³-hybridized carbons (Fsp3) is 0.375. The summed E-state index contributed by atoms with van der Waals surface area (Å²) in [6.07, 6.45) is 0. The molecular formula is C8H10ClNOS. The highest BCUT2D eigenvalue weighted by Gasteiger charge is 2.19. The lowest BCUT2D eigenvalue weighted by atomic mass is 10.2. The van der Waals surface area contributed by atoms with Crippen LogP contribution in [0.3, 0.4) is 0 Å². The van der Waals surface area contributed by atoms with Crippen LogP contribution in [0.25, 0.3) is 0 Å². The molecule has 0 radical (unpaired) electrons. The molecule has 66 valence electrons. The largest absolute Gasteiger partial charge is 0.347 e. The molecule has 0 aliphatic rings. The van der Waals surface area contributed by atoms with E-state index < -0.39 is 5.38 Å². The first-order valence-electron chi connectivity index (χ1n) is 3.50. The van der Waals surface area contributed by atoms with Gasteiger partial charge in [-0.25, -0.2) is 0 Å². The molecule has 0 aromatic carbocycles. The van der Waals surface area contributed by atoms with Gasteiger partial charge in [0.1, 0.15) is 5.38 Å². The van der Waals surface area contributed by atoms with Crippen LogP contribution in [0.4, 0.5) is 0 Å². The predicted molar refractivity (Wildman–Crippen MR) is 51.6 cm³/mol. The molecule has 1 aromatic heterocycles. The monoisotopic (exact) mass is 203 g/mol. The van der Waals surface area contributed by atoms with Crippen LogP contribution in [0, 0.1) is 0 Å². The molecule has 0 fully saturated rings. The zero-order valence-corrected chi connectivity index (χ0v) is 8.52. The lowest BCUT2D eigenvalue weighted by Gasteiger charge is -2.13. The van der Waals surface area contributed by atoms with Crippen LogP contribution in [0.5, 0.6) is 0 Å². The number of carbonyl (C=O) groups is 1. The topological polar surface area (TPSA) is 20.3 Å². The summed E-state index contributed by atoms with van der Waals surface area (Å²) in [6.45, 7) is 0. The van der Waals surface area contributed by atoms with E-state index in [1.807, 2.05) is 16.8 Å². The molecule has 0 aliphatic heterocycles. The van der Waals surface area contributed by atoms with E-state index in [-0.39, 0.29) is 5.91 Å². The number of halogens is 1. The van der Waals surface area contributed by atoms with Crippen LogP contribution < -0.4 is 0 Å². The lowest BCUT2D eigenvalue weighted by molar-refractivity contribution is -0.128. The van der Waals surface area contributed by atoms with Crippen molar-refractivity contribution >= 4 is 28.8 Å². The van der Waals surface area contributed by atoms with E-state index in [0.29, 0.717) is 0 Å². The Bertz CT molecular complexity index is 258. The summed E-state index contributed by atoms with van der Waals surface area (Å²) >= 11 is 7.45. The van der Waals surface area contributed by atoms with E-state index in [0.717, 1.165) is 5.56 Å². The molecule has 0 saturated carbocycles. The SMILES string of the molecule is CN(C)C(=O)C(Cl)c1ccsc1. The van der Waals surface area contributed by atoms with E-state index in [4.69, 9.17) is 11.6 Å². The fourth-order valence-corrected chi connectivity index (χ4v) is 1.88. The Morgan fingerprint density at radius 1 is 1.67 bits per heavy atom. The maximum absolute atomic E-state index is 11.3. The normalized spacial score (nSPS) is 12.6. The van der Waals surface area contributed by atoms with Gasteiger partial charge in [-0.2, -0.15) is 11.3 Å². The molecule has 0 N–H and O–H groups in total. The van der Waals surface area contributed by atoms with Gasteiger partial charge in [0.25, 0.3) is 0 Å². The van der Waals surface area contributed by atoms with Gasteiger partial charge in [0.15, 0.2) is 0 Å². The Balaban J connectivity index is 2.72. The van der Waals surface area contributed by atoms with Gasteiger partial charge in [0.2, 0.25) is 5.91 Å². The average Bonchev–Trinajstić information content (AvgIpc) is 2.53. The van der Waals surface area contributed by atoms with Crippen molar-refractivity contribution < 1.29 is 4.79 Å². The predicted octanol–water partition coefficient (Wildman–Crippen LogP) is 2.12. The van der Waals surface area contributed by atoms with Gasteiger partial charge in [0.05, 0.1) is 0 Å². The third-order valence-electron chi connectivity index (χ3n) is 1.49. The number of thiophene rings is 1. The molecule has 0 aliphatic carbocycles. The van der Waals surface area contributed by atoms with Crippen LogP contribution in [0.15, 0.2) is 16.8 Å². The Labute approximate surface area is 80.8 Å². The maximum atomic E-state index is 11.3. The van der Waals surface area contributed by atoms with Crippen LogP contribution in [0.2, 0.25) is 0 Å². The minimum Gasteiger partial charge on any atom is -0.347 e. The Morgan fingerprint density at radius 3 is 2.75 bits per heavy atom. The van der Waals surface area contributed by atoms with Gasteiger partial charge in [-0.15, -0.1) is 11.6 Å². The molecular weight excluding hydrogens is 194 g/mol. The Kier molecular flexibility index (Phi) is 3.12. The summed E-state index contributed by atoms with van der Waals surface area (Å²) in [6, 6.07) is 1.86. The lowest BCUT2D eigenvalue weighted by Crippen LogP contribution is -2.25. The van der Waals surface area contributed by atoms with Crippen LogP contribution in [-0.4, -0.2) is 24.9 Å². The van der Waals surface area contributed by atoms with Gasteiger partial charge >= 0.3 is 0 Å². The van der Waals surface area contributed by atoms with Crippen molar-refractivity contribution in [2.24, 2.45) is 0 Å². The van der Waals surface area contributed by atoms with Crippen molar-refractivity contribution in [3.05, 3.63) is 22.4 Å². The van der Waals surface area contributed by atoms with Crippen molar-refractivity contribution in [2.45, 2.75) is 5.38 Å². The number of likely N-dealkylation sites (N-methyl/N-ethyl adjacent to an activating group) is 1. The highest BCUT2D eigenvalue weighted by molar-refractivity contribution is 7.08. The van der Waals surface area contributed by atoms with E-state index >= 15 is 0 Å². The summed E-state index contributed by atoms with van der Waals surface area (Å²) in [5, 5.41) is 3.26. The second-order valence-corrected chi connectivity index (χ2v) is 3.87. The van der Waals surface area contributed by atoms with Gasteiger partial charge < -0.3 is 4.90 Å². The number of nitrogens with zero attached hydrogens (tertiary/aromatic N) is 1. The number of rotatable bonds is 2. The quantitative estimate of drug-likeness (QED) is 0.675. The van der Waals surface area contributed by atoms with E-state index in [2.05, 4.69) is 0 Å². The molecule has 4 heteroatoms. The van der Waals surface area contributed by atoms with Crippen molar-refractivity contribution in [1.29, 1.82) is 0 Å². The van der Waals surface area contributed by atoms with Crippen molar-refractivity contribution in [2.75, 3.05) is 14.1 Å².